The van der Waals surface area contributed by atoms with Crippen molar-refractivity contribution in [1.29, 1.82) is 0 Å². The number of aliphatic hydroxyl groups excluding tert-OH is 1. The highest BCUT2D eigenvalue weighted by Crippen LogP contribution is 2.60. The second-order valence-electron chi connectivity index (χ2n) is 6.00. The Labute approximate surface area is 125 Å². The average molecular weight is 311 g/mol. The molecule has 0 unspecified atom stereocenters. The molecule has 2 fully saturated rings. The summed E-state index contributed by atoms with van der Waals surface area (Å²) in [6, 6.07) is 6.29. The molecular formula is C15H21NO4S. The van der Waals surface area contributed by atoms with Gasteiger partial charge in [0, 0.05) is 6.54 Å². The molecule has 21 heavy (non-hydrogen) atoms. The first-order valence-corrected chi connectivity index (χ1v) is 8.87. The molecule has 0 aromatic heterocycles. The fraction of sp³-hybridized carbons (Fsp3) is 0.600. The molecule has 0 aliphatic heterocycles. The molecule has 0 saturated heterocycles. The van der Waals surface area contributed by atoms with E-state index in [-0.39, 0.29) is 23.5 Å². The van der Waals surface area contributed by atoms with E-state index in [1.807, 2.05) is 0 Å². The quantitative estimate of drug-likeness (QED) is 0.763. The van der Waals surface area contributed by atoms with E-state index in [1.165, 1.54) is 25.0 Å². The molecule has 3 rings (SSSR count). The first kappa shape index (κ1) is 14.8. The highest BCUT2D eigenvalue weighted by atomic mass is 32.2. The molecule has 2 aliphatic carbocycles. The van der Waals surface area contributed by atoms with Gasteiger partial charge in [-0.15, -0.1) is 0 Å². The minimum atomic E-state index is -3.45. The van der Waals surface area contributed by atoms with E-state index in [1.54, 1.807) is 12.1 Å². The zero-order valence-corrected chi connectivity index (χ0v) is 12.7. The SMILES string of the molecule is O=S(=O)(NCC1(C2CC2)CC1)c1ccc(OCCO)cc1. The van der Waals surface area contributed by atoms with E-state index in [0.29, 0.717) is 12.3 Å². The number of rotatable bonds is 8. The second kappa shape index (κ2) is 5.59. The lowest BCUT2D eigenvalue weighted by atomic mass is 10.0. The maximum atomic E-state index is 12.3. The summed E-state index contributed by atoms with van der Waals surface area (Å²) in [5.41, 5.74) is 0.247. The van der Waals surface area contributed by atoms with Gasteiger partial charge in [0.25, 0.3) is 0 Å². The monoisotopic (exact) mass is 311 g/mol. The van der Waals surface area contributed by atoms with Gasteiger partial charge in [-0.3, -0.25) is 0 Å². The Hall–Kier alpha value is -1.11. The van der Waals surface area contributed by atoms with E-state index in [2.05, 4.69) is 4.72 Å². The van der Waals surface area contributed by atoms with Crippen molar-refractivity contribution in [3.05, 3.63) is 24.3 Å². The second-order valence-corrected chi connectivity index (χ2v) is 7.77. The van der Waals surface area contributed by atoms with E-state index in [0.717, 1.165) is 18.8 Å². The van der Waals surface area contributed by atoms with Gasteiger partial charge in [0.05, 0.1) is 11.5 Å². The number of hydrogen-bond acceptors (Lipinski definition) is 4. The van der Waals surface area contributed by atoms with Crippen LogP contribution in [0.25, 0.3) is 0 Å². The van der Waals surface area contributed by atoms with Crippen LogP contribution >= 0.6 is 0 Å². The van der Waals surface area contributed by atoms with Crippen molar-refractivity contribution in [2.75, 3.05) is 19.8 Å². The van der Waals surface area contributed by atoms with Crippen LogP contribution in [0, 0.1) is 11.3 Å². The third kappa shape index (κ3) is 3.39. The number of benzene rings is 1. The predicted molar refractivity (Wildman–Crippen MR) is 78.6 cm³/mol. The zero-order chi connectivity index (χ0) is 14.9. The van der Waals surface area contributed by atoms with Crippen molar-refractivity contribution >= 4 is 10.0 Å². The lowest BCUT2D eigenvalue weighted by molar-refractivity contribution is 0.201. The van der Waals surface area contributed by atoms with E-state index < -0.39 is 10.0 Å². The van der Waals surface area contributed by atoms with Gasteiger partial charge in [-0.1, -0.05) is 0 Å². The Morgan fingerprint density at radius 1 is 1.24 bits per heavy atom. The summed E-state index contributed by atoms with van der Waals surface area (Å²) in [6.45, 7) is 0.696. The van der Waals surface area contributed by atoms with Crippen molar-refractivity contribution in [2.24, 2.45) is 11.3 Å². The van der Waals surface area contributed by atoms with Crippen LogP contribution in [0.15, 0.2) is 29.2 Å². The molecule has 0 atom stereocenters. The minimum Gasteiger partial charge on any atom is -0.491 e. The molecule has 116 valence electrons. The van der Waals surface area contributed by atoms with Gasteiger partial charge in [0.1, 0.15) is 12.4 Å². The van der Waals surface area contributed by atoms with Crippen LogP contribution in [0.2, 0.25) is 0 Å². The number of nitrogens with one attached hydrogen (secondary N) is 1. The molecule has 1 aromatic carbocycles. The van der Waals surface area contributed by atoms with Gasteiger partial charge < -0.3 is 9.84 Å². The van der Waals surface area contributed by atoms with Gasteiger partial charge in [0.15, 0.2) is 0 Å². The van der Waals surface area contributed by atoms with Gasteiger partial charge in [-0.25, -0.2) is 13.1 Å². The fourth-order valence-corrected chi connectivity index (χ4v) is 3.92. The third-order valence-corrected chi connectivity index (χ3v) is 5.86. The van der Waals surface area contributed by atoms with Gasteiger partial charge in [0.2, 0.25) is 10.0 Å². The maximum Gasteiger partial charge on any atom is 0.240 e. The predicted octanol–water partition coefficient (Wildman–Crippen LogP) is 1.53. The molecule has 1 aromatic rings. The molecule has 0 bridgehead atoms. The Morgan fingerprint density at radius 3 is 2.43 bits per heavy atom. The summed E-state index contributed by atoms with van der Waals surface area (Å²) in [5.74, 6) is 1.29. The molecule has 6 heteroatoms. The van der Waals surface area contributed by atoms with Crippen LogP contribution < -0.4 is 9.46 Å². The van der Waals surface area contributed by atoms with Crippen LogP contribution in [0.4, 0.5) is 0 Å². The lowest BCUT2D eigenvalue weighted by Gasteiger charge is -2.15. The Balaban J connectivity index is 1.61. The fourth-order valence-electron chi connectivity index (χ4n) is 2.79. The van der Waals surface area contributed by atoms with Crippen molar-refractivity contribution in [1.82, 2.24) is 4.72 Å². The summed E-state index contributed by atoms with van der Waals surface area (Å²) in [7, 11) is -3.45. The normalized spacial score (nSPS) is 20.2. The smallest absolute Gasteiger partial charge is 0.240 e. The highest BCUT2D eigenvalue weighted by molar-refractivity contribution is 7.89. The van der Waals surface area contributed by atoms with Crippen molar-refractivity contribution in [2.45, 2.75) is 30.6 Å². The summed E-state index contributed by atoms with van der Waals surface area (Å²) < 4.78 is 32.5. The summed E-state index contributed by atoms with van der Waals surface area (Å²) >= 11 is 0. The van der Waals surface area contributed by atoms with E-state index in [9.17, 15) is 8.42 Å². The number of hydrogen-bond donors (Lipinski definition) is 2. The summed E-state index contributed by atoms with van der Waals surface area (Å²) in [4.78, 5) is 0.255. The van der Waals surface area contributed by atoms with Crippen LogP contribution in [0.5, 0.6) is 5.75 Å². The van der Waals surface area contributed by atoms with Gasteiger partial charge in [-0.05, 0) is 61.3 Å². The van der Waals surface area contributed by atoms with Gasteiger partial charge in [-0.2, -0.15) is 0 Å². The highest BCUT2D eigenvalue weighted by Gasteiger charge is 2.53. The molecule has 0 heterocycles. The largest absolute Gasteiger partial charge is 0.491 e. The Bertz CT molecular complexity index is 589. The van der Waals surface area contributed by atoms with Crippen molar-refractivity contribution in [3.63, 3.8) is 0 Å². The maximum absolute atomic E-state index is 12.3. The topological polar surface area (TPSA) is 75.6 Å². The molecule has 0 radical (unpaired) electrons. The minimum absolute atomic E-state index is 0.0646. The molecule has 2 aliphatic rings. The average Bonchev–Trinajstić information content (AvgIpc) is 3.36. The van der Waals surface area contributed by atoms with Crippen LogP contribution in [0.3, 0.4) is 0 Å². The number of ether oxygens (including phenoxy) is 1. The van der Waals surface area contributed by atoms with Crippen LogP contribution in [-0.2, 0) is 10.0 Å². The molecular weight excluding hydrogens is 290 g/mol. The van der Waals surface area contributed by atoms with E-state index >= 15 is 0 Å². The summed E-state index contributed by atoms with van der Waals surface area (Å²) in [5, 5.41) is 8.68. The first-order chi connectivity index (χ1) is 10.1. The number of aliphatic hydroxyl groups is 1. The first-order valence-electron chi connectivity index (χ1n) is 7.39. The van der Waals surface area contributed by atoms with Crippen molar-refractivity contribution in [3.8, 4) is 5.75 Å². The molecule has 2 saturated carbocycles. The molecule has 0 amide bonds. The van der Waals surface area contributed by atoms with Crippen molar-refractivity contribution < 1.29 is 18.3 Å². The molecule has 2 N–H and O–H groups in total. The summed E-state index contributed by atoms with van der Waals surface area (Å²) in [6.07, 6.45) is 4.79. The standard InChI is InChI=1S/C15H21NO4S/c17-9-10-20-13-3-5-14(6-4-13)21(18,19)16-11-15(7-8-15)12-1-2-12/h3-6,12,16-17H,1-2,7-11H2. The molecule has 5 nitrogen and oxygen atoms in total. The number of sulfonamides is 1. The Kier molecular flexibility index (Phi) is 3.94. The van der Waals surface area contributed by atoms with Gasteiger partial charge >= 0.3 is 0 Å². The van der Waals surface area contributed by atoms with Crippen LogP contribution in [-0.4, -0.2) is 33.3 Å². The zero-order valence-electron chi connectivity index (χ0n) is 11.9. The van der Waals surface area contributed by atoms with Crippen LogP contribution in [0.1, 0.15) is 25.7 Å². The molecule has 0 spiro atoms. The Morgan fingerprint density at radius 2 is 1.90 bits per heavy atom. The third-order valence-electron chi connectivity index (χ3n) is 4.44. The van der Waals surface area contributed by atoms with E-state index in [4.69, 9.17) is 9.84 Å². The lowest BCUT2D eigenvalue weighted by Crippen LogP contribution is -2.31.